The van der Waals surface area contributed by atoms with E-state index in [2.05, 4.69) is 16.0 Å². The van der Waals surface area contributed by atoms with Crippen molar-refractivity contribution in [3.8, 4) is 11.5 Å². The molecule has 0 unspecified atom stereocenters. The van der Waals surface area contributed by atoms with E-state index in [-0.39, 0.29) is 5.63 Å². The molecule has 1 aromatic carbocycles. The van der Waals surface area contributed by atoms with Crippen LogP contribution in [0.1, 0.15) is 23.1 Å². The van der Waals surface area contributed by atoms with E-state index in [1.807, 2.05) is 35.0 Å². The second-order valence-electron chi connectivity index (χ2n) is 6.66. The molecule has 5 nitrogen and oxygen atoms in total. The molecule has 1 aliphatic rings. The van der Waals surface area contributed by atoms with Crippen LogP contribution in [0.15, 0.2) is 64.2 Å². The Morgan fingerprint density at radius 2 is 1.92 bits per heavy atom. The lowest BCUT2D eigenvalue weighted by Gasteiger charge is -2.11. The molecule has 5 rings (SSSR count). The van der Waals surface area contributed by atoms with Gasteiger partial charge in [-0.25, -0.2) is 9.78 Å². The number of rotatable bonds is 3. The molecule has 0 amide bonds. The maximum absolute atomic E-state index is 12.1. The fraction of sp³-hybridized carbons (Fsp3) is 0.190. The highest BCUT2D eigenvalue weighted by atomic mass is 16.4. The van der Waals surface area contributed by atoms with Crippen molar-refractivity contribution in [3.05, 3.63) is 82.1 Å². The van der Waals surface area contributed by atoms with Crippen LogP contribution >= 0.6 is 0 Å². The first kappa shape index (κ1) is 15.1. The highest BCUT2D eigenvalue weighted by Crippen LogP contribution is 2.29. The van der Waals surface area contributed by atoms with Crippen molar-refractivity contribution in [2.24, 2.45) is 0 Å². The lowest BCUT2D eigenvalue weighted by molar-refractivity contribution is 0.557. The average Bonchev–Trinajstić information content (AvgIpc) is 3.29. The predicted octanol–water partition coefficient (Wildman–Crippen LogP) is 3.59. The fourth-order valence-corrected chi connectivity index (χ4v) is 3.77. The monoisotopic (exact) mass is 343 g/mol. The molecule has 0 spiro atoms. The molecule has 0 bridgehead atoms. The average molecular weight is 343 g/mol. The van der Waals surface area contributed by atoms with Gasteiger partial charge in [-0.3, -0.25) is 4.98 Å². The van der Waals surface area contributed by atoms with Crippen LogP contribution in [-0.2, 0) is 19.4 Å². The van der Waals surface area contributed by atoms with Crippen LogP contribution in [0.3, 0.4) is 0 Å². The van der Waals surface area contributed by atoms with Crippen molar-refractivity contribution in [1.82, 2.24) is 14.5 Å². The Bertz CT molecular complexity index is 1160. The molecule has 0 atom stereocenters. The van der Waals surface area contributed by atoms with Gasteiger partial charge in [-0.2, -0.15) is 0 Å². The smallest absolute Gasteiger partial charge is 0.336 e. The number of fused-ring (bicyclic) bond motifs is 2. The van der Waals surface area contributed by atoms with Crippen LogP contribution in [0.25, 0.3) is 22.5 Å². The molecule has 3 aromatic heterocycles. The van der Waals surface area contributed by atoms with Crippen LogP contribution in [0.2, 0.25) is 0 Å². The summed E-state index contributed by atoms with van der Waals surface area (Å²) in [6.07, 6.45) is 8.74. The molecule has 5 heteroatoms. The van der Waals surface area contributed by atoms with Gasteiger partial charge in [0, 0.05) is 30.0 Å². The van der Waals surface area contributed by atoms with Crippen LogP contribution in [0.4, 0.5) is 0 Å². The normalized spacial score (nSPS) is 13.2. The van der Waals surface area contributed by atoms with Crippen molar-refractivity contribution >= 4 is 11.0 Å². The molecule has 0 saturated heterocycles. The van der Waals surface area contributed by atoms with Crippen LogP contribution in [0, 0.1) is 0 Å². The van der Waals surface area contributed by atoms with Crippen molar-refractivity contribution in [2.75, 3.05) is 0 Å². The number of benzene rings is 1. The second kappa shape index (κ2) is 5.95. The van der Waals surface area contributed by atoms with E-state index in [0.29, 0.717) is 12.1 Å². The minimum absolute atomic E-state index is 0.315. The van der Waals surface area contributed by atoms with Gasteiger partial charge < -0.3 is 8.98 Å². The van der Waals surface area contributed by atoms with E-state index in [4.69, 9.17) is 4.42 Å². The highest BCUT2D eigenvalue weighted by molar-refractivity contribution is 5.82. The summed E-state index contributed by atoms with van der Waals surface area (Å²) < 4.78 is 7.49. The third kappa shape index (κ3) is 2.52. The molecule has 0 aliphatic heterocycles. The number of aromatic nitrogens is 3. The maximum Gasteiger partial charge on any atom is 0.336 e. The van der Waals surface area contributed by atoms with Crippen molar-refractivity contribution in [1.29, 1.82) is 0 Å². The maximum atomic E-state index is 12.1. The van der Waals surface area contributed by atoms with Gasteiger partial charge in [-0.15, -0.1) is 0 Å². The quantitative estimate of drug-likeness (QED) is 0.533. The number of imidazole rings is 1. The fourth-order valence-electron chi connectivity index (χ4n) is 3.77. The Balaban J connectivity index is 1.63. The number of aryl methyl sites for hydroxylation is 2. The molecule has 1 aliphatic carbocycles. The van der Waals surface area contributed by atoms with Crippen molar-refractivity contribution in [2.45, 2.75) is 25.8 Å². The standard InChI is InChI=1S/C21H17N3O2/c25-20-12-16(17-10-14-4-3-5-15(14)11-19(17)26-20)13-24-9-8-23-21(24)18-6-1-2-7-22-18/h1-2,6-12H,3-5,13H2. The first-order valence-electron chi connectivity index (χ1n) is 8.79. The summed E-state index contributed by atoms with van der Waals surface area (Å²) in [4.78, 5) is 20.9. The van der Waals surface area contributed by atoms with Gasteiger partial charge >= 0.3 is 5.63 Å². The van der Waals surface area contributed by atoms with E-state index in [0.717, 1.165) is 41.7 Å². The Hall–Kier alpha value is -3.21. The molecule has 26 heavy (non-hydrogen) atoms. The molecule has 0 N–H and O–H groups in total. The summed E-state index contributed by atoms with van der Waals surface area (Å²) in [6.45, 7) is 0.548. The van der Waals surface area contributed by atoms with E-state index in [1.54, 1.807) is 18.5 Å². The number of hydrogen-bond acceptors (Lipinski definition) is 4. The third-order valence-corrected chi connectivity index (χ3v) is 4.99. The minimum Gasteiger partial charge on any atom is -0.423 e. The molecule has 4 aromatic rings. The molecular formula is C21H17N3O2. The Kier molecular flexibility index (Phi) is 3.45. The Labute approximate surface area is 150 Å². The second-order valence-corrected chi connectivity index (χ2v) is 6.66. The summed E-state index contributed by atoms with van der Waals surface area (Å²) in [5.74, 6) is 0.785. The minimum atomic E-state index is -0.315. The summed E-state index contributed by atoms with van der Waals surface area (Å²) in [7, 11) is 0. The lowest BCUT2D eigenvalue weighted by atomic mass is 10.0. The zero-order valence-corrected chi connectivity index (χ0v) is 14.2. The van der Waals surface area contributed by atoms with Gasteiger partial charge in [0.15, 0.2) is 5.82 Å². The molecule has 0 fully saturated rings. The van der Waals surface area contributed by atoms with Gasteiger partial charge in [0.1, 0.15) is 11.3 Å². The molecular weight excluding hydrogens is 326 g/mol. The summed E-state index contributed by atoms with van der Waals surface area (Å²) in [6, 6.07) is 11.6. The van der Waals surface area contributed by atoms with Crippen molar-refractivity contribution in [3.63, 3.8) is 0 Å². The SMILES string of the molecule is O=c1cc(Cn2ccnc2-c2ccccn2)c2cc3c(cc2o1)CCC3. The molecule has 128 valence electrons. The van der Waals surface area contributed by atoms with Crippen molar-refractivity contribution < 1.29 is 4.42 Å². The third-order valence-electron chi connectivity index (χ3n) is 4.99. The zero-order chi connectivity index (χ0) is 17.5. The van der Waals surface area contributed by atoms with Crippen LogP contribution in [0.5, 0.6) is 0 Å². The van der Waals surface area contributed by atoms with E-state index < -0.39 is 0 Å². The highest BCUT2D eigenvalue weighted by Gasteiger charge is 2.16. The first-order valence-corrected chi connectivity index (χ1v) is 8.79. The summed E-state index contributed by atoms with van der Waals surface area (Å²) in [5.41, 5.74) is 4.78. The van der Waals surface area contributed by atoms with E-state index >= 15 is 0 Å². The lowest BCUT2D eigenvalue weighted by Crippen LogP contribution is -2.07. The Morgan fingerprint density at radius 3 is 2.77 bits per heavy atom. The summed E-state index contributed by atoms with van der Waals surface area (Å²) in [5, 5.41) is 1.01. The van der Waals surface area contributed by atoms with E-state index in [1.165, 1.54) is 11.1 Å². The van der Waals surface area contributed by atoms with Crippen LogP contribution < -0.4 is 5.63 Å². The predicted molar refractivity (Wildman–Crippen MR) is 99.1 cm³/mol. The zero-order valence-electron chi connectivity index (χ0n) is 14.2. The molecule has 3 heterocycles. The van der Waals surface area contributed by atoms with Gasteiger partial charge in [0.2, 0.25) is 0 Å². The molecule has 0 radical (unpaired) electrons. The van der Waals surface area contributed by atoms with Gasteiger partial charge in [-0.05, 0) is 60.2 Å². The van der Waals surface area contributed by atoms with Gasteiger partial charge in [0.05, 0.1) is 6.54 Å². The summed E-state index contributed by atoms with van der Waals surface area (Å²) >= 11 is 0. The molecule has 0 saturated carbocycles. The van der Waals surface area contributed by atoms with Gasteiger partial charge in [-0.1, -0.05) is 6.07 Å². The van der Waals surface area contributed by atoms with E-state index in [9.17, 15) is 4.79 Å². The number of nitrogens with zero attached hydrogens (tertiary/aromatic N) is 3. The number of pyridine rings is 1. The number of hydrogen-bond donors (Lipinski definition) is 0. The van der Waals surface area contributed by atoms with Gasteiger partial charge in [0.25, 0.3) is 0 Å². The largest absolute Gasteiger partial charge is 0.423 e. The van der Waals surface area contributed by atoms with Crippen LogP contribution in [-0.4, -0.2) is 14.5 Å². The Morgan fingerprint density at radius 1 is 1.04 bits per heavy atom. The topological polar surface area (TPSA) is 60.9 Å². The first-order chi connectivity index (χ1) is 12.8.